The summed E-state index contributed by atoms with van der Waals surface area (Å²) in [5.74, 6) is -0.503. The van der Waals surface area contributed by atoms with Gasteiger partial charge in [0.25, 0.3) is 0 Å². The molecule has 12 heavy (non-hydrogen) atoms. The van der Waals surface area contributed by atoms with Gasteiger partial charge < -0.3 is 4.55 Å². The van der Waals surface area contributed by atoms with Crippen molar-refractivity contribution < 1.29 is 42.5 Å². The number of nitrogens with zero attached hydrogens (tertiary/aromatic N) is 1. The van der Waals surface area contributed by atoms with Crippen molar-refractivity contribution in [2.75, 3.05) is 0 Å². The van der Waals surface area contributed by atoms with Crippen LogP contribution in [0.2, 0.25) is 0 Å². The summed E-state index contributed by atoms with van der Waals surface area (Å²) in [5, 5.41) is 2.34. The van der Waals surface area contributed by atoms with Gasteiger partial charge in [0, 0.05) is 5.38 Å². The Kier molecular flexibility index (Phi) is 4.90. The van der Waals surface area contributed by atoms with E-state index in [2.05, 4.69) is 4.98 Å². The number of thiazole rings is 1. The second-order valence-electron chi connectivity index (χ2n) is 2.06. The molecule has 0 bridgehead atoms. The molecule has 0 spiro atoms. The van der Waals surface area contributed by atoms with Crippen LogP contribution in [-0.4, -0.2) is 18.0 Å². The van der Waals surface area contributed by atoms with Crippen LogP contribution in [-0.2, 0) is 15.9 Å². The normalized spacial score (nSPS) is 10.8. The molecule has 62 valence electrons. The van der Waals surface area contributed by atoms with Gasteiger partial charge in [-0.3, -0.25) is 0 Å². The van der Waals surface area contributed by atoms with Crippen molar-refractivity contribution in [3.8, 4) is 0 Å². The van der Waals surface area contributed by atoms with Gasteiger partial charge >= 0.3 is 29.6 Å². The van der Waals surface area contributed by atoms with E-state index < -0.39 is 15.9 Å². The Morgan fingerprint density at radius 3 is 2.58 bits per heavy atom. The first-order valence-electron chi connectivity index (χ1n) is 2.82. The van der Waals surface area contributed by atoms with E-state index >= 15 is 0 Å². The Bertz CT molecular complexity index is 345. The maximum absolute atomic E-state index is 10.2. The van der Waals surface area contributed by atoms with Crippen LogP contribution in [0.1, 0.15) is 10.7 Å². The van der Waals surface area contributed by atoms with Crippen LogP contribution in [0.5, 0.6) is 0 Å². The Morgan fingerprint density at radius 2 is 2.25 bits per heavy atom. The first kappa shape index (κ1) is 12.5. The van der Waals surface area contributed by atoms with Crippen LogP contribution in [0.4, 0.5) is 0 Å². The average Bonchev–Trinajstić information content (AvgIpc) is 2.10. The van der Waals surface area contributed by atoms with E-state index in [1.54, 1.807) is 12.3 Å². The first-order chi connectivity index (χ1) is 4.97. The molecule has 0 aliphatic heterocycles. The molecule has 0 fully saturated rings. The molecule has 0 N–H and O–H groups in total. The van der Waals surface area contributed by atoms with Gasteiger partial charge in [0.05, 0.1) is 16.5 Å². The first-order valence-corrected chi connectivity index (χ1v) is 5.27. The molecule has 0 radical (unpaired) electrons. The zero-order valence-corrected chi connectivity index (χ0v) is 10.4. The van der Waals surface area contributed by atoms with Gasteiger partial charge in [0.2, 0.25) is 0 Å². The maximum Gasteiger partial charge on any atom is 1.00 e. The summed E-state index contributed by atoms with van der Waals surface area (Å²) in [5.41, 5.74) is 0.336. The number of aryl methyl sites for hydroxylation is 1. The third-order valence-corrected chi connectivity index (χ3v) is 2.46. The fraction of sp³-hybridized carbons (Fsp3) is 0.400. The van der Waals surface area contributed by atoms with Crippen molar-refractivity contribution in [2.24, 2.45) is 0 Å². The van der Waals surface area contributed by atoms with Crippen molar-refractivity contribution >= 4 is 21.5 Å². The van der Waals surface area contributed by atoms with E-state index in [0.717, 1.165) is 5.01 Å². The van der Waals surface area contributed by atoms with Crippen LogP contribution in [0.25, 0.3) is 0 Å². The third kappa shape index (κ3) is 4.54. The molecule has 0 saturated heterocycles. The van der Waals surface area contributed by atoms with Gasteiger partial charge in [-0.25, -0.2) is 13.4 Å². The topological polar surface area (TPSA) is 70.1 Å². The number of aromatic nitrogens is 1. The van der Waals surface area contributed by atoms with Gasteiger partial charge in [0.15, 0.2) is 0 Å². The van der Waals surface area contributed by atoms with Crippen LogP contribution in [0.15, 0.2) is 5.38 Å². The Labute approximate surface area is 97.1 Å². The van der Waals surface area contributed by atoms with E-state index in [9.17, 15) is 13.0 Å². The van der Waals surface area contributed by atoms with Crippen LogP contribution < -0.4 is 29.6 Å². The monoisotopic (exact) mass is 215 g/mol. The second-order valence-corrected chi connectivity index (χ2v) is 4.53. The summed E-state index contributed by atoms with van der Waals surface area (Å²) in [6.07, 6.45) is 0. The summed E-state index contributed by atoms with van der Waals surface area (Å²) < 4.78 is 30.7. The molecule has 0 unspecified atom stereocenters. The maximum atomic E-state index is 10.2. The molecule has 0 aromatic carbocycles. The molecule has 0 aliphatic rings. The molecule has 1 aromatic heterocycles. The van der Waals surface area contributed by atoms with Crippen molar-refractivity contribution in [3.63, 3.8) is 0 Å². The molecular formula is C5H6NNaO3S2. The summed E-state index contributed by atoms with van der Waals surface area (Å²) >= 11 is 1.33. The van der Waals surface area contributed by atoms with Gasteiger partial charge in [-0.05, 0) is 6.92 Å². The molecule has 0 aliphatic carbocycles. The molecule has 0 amide bonds. The summed E-state index contributed by atoms with van der Waals surface area (Å²) in [6.45, 7) is 1.76. The number of rotatable bonds is 2. The standard InChI is InChI=1S/C5H7NO3S2.Na/c1-4-6-5(2-10-4)3-11(7,8)9;/h2H,3H2,1H3,(H,7,8,9);/q;+1/p-1. The van der Waals surface area contributed by atoms with E-state index in [4.69, 9.17) is 0 Å². The fourth-order valence-corrected chi connectivity index (χ4v) is 1.88. The third-order valence-electron chi connectivity index (χ3n) is 0.991. The number of hydrogen-bond acceptors (Lipinski definition) is 5. The van der Waals surface area contributed by atoms with Gasteiger partial charge in [-0.2, -0.15) is 0 Å². The van der Waals surface area contributed by atoms with Gasteiger partial charge in [-0.15, -0.1) is 11.3 Å². The van der Waals surface area contributed by atoms with Gasteiger partial charge in [0.1, 0.15) is 10.1 Å². The Morgan fingerprint density at radius 1 is 1.67 bits per heavy atom. The van der Waals surface area contributed by atoms with Crippen LogP contribution in [0, 0.1) is 6.92 Å². The van der Waals surface area contributed by atoms with Gasteiger partial charge in [-0.1, -0.05) is 0 Å². The summed E-state index contributed by atoms with van der Waals surface area (Å²) in [4.78, 5) is 3.84. The van der Waals surface area contributed by atoms with Crippen molar-refractivity contribution in [1.82, 2.24) is 4.98 Å². The molecule has 1 heterocycles. The summed E-state index contributed by atoms with van der Waals surface area (Å²) in [6, 6.07) is 0. The smallest absolute Gasteiger partial charge is 0.748 e. The predicted molar refractivity (Wildman–Crippen MR) is 40.3 cm³/mol. The second kappa shape index (κ2) is 4.69. The van der Waals surface area contributed by atoms with Crippen molar-refractivity contribution in [3.05, 3.63) is 16.1 Å². The fourth-order valence-electron chi connectivity index (χ4n) is 0.656. The minimum atomic E-state index is -4.17. The zero-order chi connectivity index (χ0) is 8.48. The Hall–Kier alpha value is 0.540. The quantitative estimate of drug-likeness (QED) is 0.404. The van der Waals surface area contributed by atoms with Crippen LogP contribution >= 0.6 is 11.3 Å². The SMILES string of the molecule is Cc1nc(CS(=O)(=O)[O-])cs1.[Na+]. The zero-order valence-electron chi connectivity index (χ0n) is 6.77. The predicted octanol–water partition coefficient (Wildman–Crippen LogP) is -2.50. The largest absolute Gasteiger partial charge is 1.00 e. The summed E-state index contributed by atoms with van der Waals surface area (Å²) in [7, 11) is -4.17. The van der Waals surface area contributed by atoms with Crippen molar-refractivity contribution in [1.29, 1.82) is 0 Å². The van der Waals surface area contributed by atoms with Crippen molar-refractivity contribution in [2.45, 2.75) is 12.7 Å². The van der Waals surface area contributed by atoms with E-state index in [1.165, 1.54) is 11.3 Å². The molecule has 7 heteroatoms. The molecule has 1 aromatic rings. The molecule has 0 atom stereocenters. The molecule has 1 rings (SSSR count). The average molecular weight is 215 g/mol. The van der Waals surface area contributed by atoms with Crippen LogP contribution in [0.3, 0.4) is 0 Å². The molecule has 4 nitrogen and oxygen atoms in total. The Balaban J connectivity index is 0.00000121. The molecular weight excluding hydrogens is 209 g/mol. The minimum Gasteiger partial charge on any atom is -0.748 e. The van der Waals surface area contributed by atoms with E-state index in [-0.39, 0.29) is 29.6 Å². The minimum absolute atomic E-state index is 0. The number of hydrogen-bond donors (Lipinski definition) is 0. The molecule has 0 saturated carbocycles. The van der Waals surface area contributed by atoms with E-state index in [1.807, 2.05) is 0 Å². The van der Waals surface area contributed by atoms with E-state index in [0.29, 0.717) is 5.69 Å².